The van der Waals surface area contributed by atoms with E-state index in [0.717, 1.165) is 12.0 Å². The molecule has 1 aliphatic rings. The molecule has 1 amide bonds. The van der Waals surface area contributed by atoms with Crippen LogP contribution in [-0.2, 0) is 20.9 Å². The molecule has 5 nitrogen and oxygen atoms in total. The first-order valence-corrected chi connectivity index (χ1v) is 6.74. The number of amides is 1. The summed E-state index contributed by atoms with van der Waals surface area (Å²) in [4.78, 5) is 23.4. The lowest BCUT2D eigenvalue weighted by atomic mass is 9.95. The molecule has 0 bridgehead atoms. The summed E-state index contributed by atoms with van der Waals surface area (Å²) < 4.78 is 5.09. The Kier molecular flexibility index (Phi) is 4.74. The number of carbonyl (C=O) groups is 2. The van der Waals surface area contributed by atoms with E-state index in [1.54, 1.807) is 13.2 Å². The molecule has 0 spiro atoms. The number of benzene rings is 1. The number of ether oxygens (including phenoxy) is 1. The second kappa shape index (κ2) is 6.52. The fourth-order valence-corrected chi connectivity index (χ4v) is 2.72. The number of carboxylic acid groups (broad SMARTS) is 1. The molecule has 0 aromatic heterocycles. The van der Waals surface area contributed by atoms with E-state index in [0.29, 0.717) is 25.1 Å². The summed E-state index contributed by atoms with van der Waals surface area (Å²) in [7, 11) is 1.59. The van der Waals surface area contributed by atoms with Crippen LogP contribution >= 0.6 is 0 Å². The number of rotatable bonds is 5. The van der Waals surface area contributed by atoms with Crippen molar-refractivity contribution in [3.63, 3.8) is 0 Å². The number of nitrogens with one attached hydrogen (secondary N) is 1. The van der Waals surface area contributed by atoms with Crippen LogP contribution in [0.2, 0.25) is 0 Å². The average molecular weight is 277 g/mol. The first-order chi connectivity index (χ1) is 9.63. The third kappa shape index (κ3) is 3.17. The molecule has 2 N–H and O–H groups in total. The summed E-state index contributed by atoms with van der Waals surface area (Å²) in [5.41, 5.74) is 1.57. The highest BCUT2D eigenvalue weighted by Crippen LogP contribution is 2.33. The molecular formula is C15H19NO4. The largest absolute Gasteiger partial charge is 0.481 e. The van der Waals surface area contributed by atoms with Gasteiger partial charge in [0.25, 0.3) is 0 Å². The van der Waals surface area contributed by atoms with E-state index in [1.807, 2.05) is 18.2 Å². The van der Waals surface area contributed by atoms with Crippen LogP contribution in [0.15, 0.2) is 24.3 Å². The van der Waals surface area contributed by atoms with E-state index in [4.69, 9.17) is 9.84 Å². The molecule has 1 aromatic carbocycles. The molecule has 0 saturated heterocycles. The zero-order chi connectivity index (χ0) is 14.5. The minimum atomic E-state index is -0.882. The lowest BCUT2D eigenvalue weighted by molar-refractivity contribution is -0.145. The Morgan fingerprint density at radius 2 is 2.00 bits per heavy atom. The van der Waals surface area contributed by atoms with Crippen LogP contribution < -0.4 is 5.32 Å². The topological polar surface area (TPSA) is 75.6 Å². The minimum absolute atomic E-state index is 0.210. The Morgan fingerprint density at radius 3 is 2.70 bits per heavy atom. The van der Waals surface area contributed by atoms with Gasteiger partial charge in [-0.15, -0.1) is 0 Å². The third-order valence-electron chi connectivity index (χ3n) is 3.74. The maximum absolute atomic E-state index is 12.3. The molecule has 1 fully saturated rings. The first-order valence-electron chi connectivity index (χ1n) is 6.74. The number of carbonyl (C=O) groups excluding carboxylic acids is 1. The molecule has 5 heteroatoms. The highest BCUT2D eigenvalue weighted by molar-refractivity contribution is 5.96. The Hall–Kier alpha value is -1.88. The molecule has 0 unspecified atom stereocenters. The quantitative estimate of drug-likeness (QED) is 0.865. The molecule has 0 heterocycles. The molecule has 2 atom stereocenters. The second-order valence-corrected chi connectivity index (χ2v) is 5.06. The number of hydrogen-bond acceptors (Lipinski definition) is 3. The van der Waals surface area contributed by atoms with Gasteiger partial charge < -0.3 is 15.2 Å². The first kappa shape index (κ1) is 14.5. The van der Waals surface area contributed by atoms with Gasteiger partial charge in [-0.05, 0) is 18.9 Å². The van der Waals surface area contributed by atoms with Crippen molar-refractivity contribution in [1.29, 1.82) is 0 Å². The molecule has 0 radical (unpaired) electrons. The summed E-state index contributed by atoms with van der Waals surface area (Å²) in [6.45, 7) is 0.406. The summed E-state index contributed by atoms with van der Waals surface area (Å²) in [5, 5.41) is 12.0. The number of hydrogen-bond donors (Lipinski definition) is 2. The molecule has 1 aromatic rings. The maximum Gasteiger partial charge on any atom is 0.307 e. The fraction of sp³-hybridized carbons (Fsp3) is 0.467. The fourth-order valence-electron chi connectivity index (χ4n) is 2.72. The lowest BCUT2D eigenvalue weighted by Gasteiger charge is -2.17. The monoisotopic (exact) mass is 277 g/mol. The number of carboxylic acids is 1. The molecule has 2 rings (SSSR count). The zero-order valence-electron chi connectivity index (χ0n) is 11.5. The van der Waals surface area contributed by atoms with Crippen molar-refractivity contribution < 1.29 is 19.4 Å². The summed E-state index contributed by atoms with van der Waals surface area (Å²) in [5.74, 6) is -2.10. The minimum Gasteiger partial charge on any atom is -0.481 e. The van der Waals surface area contributed by atoms with Gasteiger partial charge in [0, 0.05) is 18.4 Å². The Morgan fingerprint density at radius 1 is 1.30 bits per heavy atom. The van der Waals surface area contributed by atoms with Crippen molar-refractivity contribution in [2.75, 3.05) is 12.4 Å². The smallest absolute Gasteiger partial charge is 0.307 e. The Labute approximate surface area is 117 Å². The van der Waals surface area contributed by atoms with Gasteiger partial charge >= 0.3 is 5.97 Å². The molecular weight excluding hydrogens is 258 g/mol. The summed E-state index contributed by atoms with van der Waals surface area (Å²) in [6, 6.07) is 7.39. The predicted molar refractivity (Wildman–Crippen MR) is 74.3 cm³/mol. The van der Waals surface area contributed by atoms with Crippen LogP contribution in [0.25, 0.3) is 0 Å². The van der Waals surface area contributed by atoms with Gasteiger partial charge in [-0.2, -0.15) is 0 Å². The van der Waals surface area contributed by atoms with Crippen molar-refractivity contribution in [1.82, 2.24) is 0 Å². The third-order valence-corrected chi connectivity index (χ3v) is 3.74. The number of para-hydroxylation sites is 1. The summed E-state index contributed by atoms with van der Waals surface area (Å²) in [6.07, 6.45) is 2.00. The highest BCUT2D eigenvalue weighted by Gasteiger charge is 2.37. The number of methoxy groups -OCH3 is 1. The number of anilines is 1. The molecule has 1 saturated carbocycles. The van der Waals surface area contributed by atoms with Crippen LogP contribution in [0, 0.1) is 11.8 Å². The van der Waals surface area contributed by atoms with E-state index in [2.05, 4.69) is 5.32 Å². The van der Waals surface area contributed by atoms with Gasteiger partial charge in [0.1, 0.15) is 0 Å². The van der Waals surface area contributed by atoms with Gasteiger partial charge in [-0.1, -0.05) is 24.6 Å². The van der Waals surface area contributed by atoms with Gasteiger partial charge in [-0.3, -0.25) is 9.59 Å². The molecule has 108 valence electrons. The average Bonchev–Trinajstić information content (AvgIpc) is 2.91. The lowest BCUT2D eigenvalue weighted by Crippen LogP contribution is -2.30. The van der Waals surface area contributed by atoms with Crippen LogP contribution in [-0.4, -0.2) is 24.1 Å². The molecule has 20 heavy (non-hydrogen) atoms. The Balaban J connectivity index is 2.10. The van der Waals surface area contributed by atoms with Crippen LogP contribution in [0.3, 0.4) is 0 Å². The van der Waals surface area contributed by atoms with Crippen molar-refractivity contribution in [2.45, 2.75) is 25.9 Å². The van der Waals surface area contributed by atoms with E-state index in [9.17, 15) is 9.59 Å². The van der Waals surface area contributed by atoms with E-state index < -0.39 is 17.8 Å². The van der Waals surface area contributed by atoms with Gasteiger partial charge in [0.2, 0.25) is 5.91 Å². The van der Waals surface area contributed by atoms with Crippen molar-refractivity contribution in [2.24, 2.45) is 11.8 Å². The highest BCUT2D eigenvalue weighted by atomic mass is 16.5. The summed E-state index contributed by atoms with van der Waals surface area (Å²) >= 11 is 0. The van der Waals surface area contributed by atoms with Crippen LogP contribution in [0.5, 0.6) is 0 Å². The van der Waals surface area contributed by atoms with Crippen molar-refractivity contribution >= 4 is 17.6 Å². The SMILES string of the molecule is COCc1ccccc1NC(=O)[C@@H]1CCC[C@@H]1C(=O)O. The van der Waals surface area contributed by atoms with Crippen LogP contribution in [0.1, 0.15) is 24.8 Å². The van der Waals surface area contributed by atoms with Crippen molar-refractivity contribution in [3.05, 3.63) is 29.8 Å². The van der Waals surface area contributed by atoms with Crippen molar-refractivity contribution in [3.8, 4) is 0 Å². The van der Waals surface area contributed by atoms with Gasteiger partial charge in [0.05, 0.1) is 18.4 Å². The normalized spacial score (nSPS) is 21.6. The van der Waals surface area contributed by atoms with E-state index in [-0.39, 0.29) is 5.91 Å². The van der Waals surface area contributed by atoms with Gasteiger partial charge in [0.15, 0.2) is 0 Å². The second-order valence-electron chi connectivity index (χ2n) is 5.06. The Bertz CT molecular complexity index is 500. The predicted octanol–water partition coefficient (Wildman–Crippen LogP) is 2.27. The maximum atomic E-state index is 12.3. The van der Waals surface area contributed by atoms with E-state index in [1.165, 1.54) is 0 Å². The molecule has 1 aliphatic carbocycles. The number of aliphatic carboxylic acids is 1. The standard InChI is InChI=1S/C15H19NO4/c1-20-9-10-5-2-3-8-13(10)16-14(17)11-6-4-7-12(11)15(18)19/h2-3,5,8,11-12H,4,6-7,9H2,1H3,(H,16,17)(H,18,19)/t11-,12+/m1/s1. The zero-order valence-corrected chi connectivity index (χ0v) is 11.5. The van der Waals surface area contributed by atoms with E-state index >= 15 is 0 Å². The van der Waals surface area contributed by atoms with Crippen LogP contribution in [0.4, 0.5) is 5.69 Å². The molecule has 0 aliphatic heterocycles. The van der Waals surface area contributed by atoms with Gasteiger partial charge in [-0.25, -0.2) is 0 Å².